The Kier molecular flexibility index (Phi) is 4.54. The van der Waals surface area contributed by atoms with Gasteiger partial charge in [-0.1, -0.05) is 6.92 Å². The summed E-state index contributed by atoms with van der Waals surface area (Å²) in [5.41, 5.74) is 1.00. The van der Waals surface area contributed by atoms with Crippen LogP contribution in [0.4, 0.5) is 0 Å². The van der Waals surface area contributed by atoms with Gasteiger partial charge in [-0.15, -0.1) is 0 Å². The lowest BCUT2D eigenvalue weighted by molar-refractivity contribution is -0.136. The van der Waals surface area contributed by atoms with Crippen LogP contribution >= 0.6 is 22.6 Å². The number of rotatable bonds is 1. The SMILES string of the molecule is CCC(=O)O.Ic1ccc2nccn2c1. The zero-order valence-corrected chi connectivity index (χ0v) is 10.4. The lowest BCUT2D eigenvalue weighted by Crippen LogP contribution is -1.86. The fraction of sp³-hybridized carbons (Fsp3) is 0.200. The molecular formula is C10H11IN2O2. The van der Waals surface area contributed by atoms with Crippen LogP contribution in [0.3, 0.4) is 0 Å². The van der Waals surface area contributed by atoms with Gasteiger partial charge in [-0.25, -0.2) is 4.98 Å². The summed E-state index contributed by atoms with van der Waals surface area (Å²) in [7, 11) is 0. The third kappa shape index (κ3) is 3.86. The highest BCUT2D eigenvalue weighted by atomic mass is 127. The number of hydrogen-bond donors (Lipinski definition) is 1. The largest absolute Gasteiger partial charge is 0.481 e. The lowest BCUT2D eigenvalue weighted by Gasteiger charge is -1.91. The van der Waals surface area contributed by atoms with Crippen molar-refractivity contribution in [2.45, 2.75) is 13.3 Å². The van der Waals surface area contributed by atoms with Crippen molar-refractivity contribution in [2.75, 3.05) is 0 Å². The van der Waals surface area contributed by atoms with Crippen molar-refractivity contribution in [1.82, 2.24) is 9.38 Å². The molecule has 0 aliphatic heterocycles. The molecule has 0 aromatic carbocycles. The standard InChI is InChI=1S/C7H5IN2.C3H6O2/c8-6-1-2-7-9-3-4-10(7)5-6;1-2-3(4)5/h1-5H;2H2,1H3,(H,4,5). The predicted molar refractivity (Wildman–Crippen MR) is 65.8 cm³/mol. The van der Waals surface area contributed by atoms with E-state index in [0.29, 0.717) is 0 Å². The first-order valence-electron chi connectivity index (χ1n) is 4.43. The van der Waals surface area contributed by atoms with Gasteiger partial charge in [0, 0.05) is 28.6 Å². The Bertz CT molecular complexity index is 453. The van der Waals surface area contributed by atoms with Crippen molar-refractivity contribution in [1.29, 1.82) is 0 Å². The third-order valence-electron chi connectivity index (χ3n) is 1.66. The molecule has 0 fully saturated rings. The summed E-state index contributed by atoms with van der Waals surface area (Å²) in [6.45, 7) is 1.60. The highest BCUT2D eigenvalue weighted by Gasteiger charge is 1.91. The lowest BCUT2D eigenvalue weighted by atomic mass is 10.5. The number of carboxylic acid groups (broad SMARTS) is 1. The molecule has 0 atom stereocenters. The molecule has 0 saturated heterocycles. The number of fused-ring (bicyclic) bond motifs is 1. The van der Waals surface area contributed by atoms with Gasteiger partial charge in [0.1, 0.15) is 5.65 Å². The van der Waals surface area contributed by atoms with Crippen molar-refractivity contribution in [2.24, 2.45) is 0 Å². The molecule has 1 N–H and O–H groups in total. The number of aliphatic carboxylic acids is 1. The average molecular weight is 318 g/mol. The van der Waals surface area contributed by atoms with Crippen LogP contribution < -0.4 is 0 Å². The highest BCUT2D eigenvalue weighted by molar-refractivity contribution is 14.1. The maximum absolute atomic E-state index is 9.37. The summed E-state index contributed by atoms with van der Waals surface area (Å²) in [4.78, 5) is 13.5. The Morgan fingerprint density at radius 1 is 1.60 bits per heavy atom. The molecule has 5 heteroatoms. The molecule has 0 aliphatic rings. The number of pyridine rings is 1. The summed E-state index contributed by atoms with van der Waals surface area (Å²) < 4.78 is 3.23. The van der Waals surface area contributed by atoms with Crippen LogP contribution in [0.25, 0.3) is 5.65 Å². The fourth-order valence-corrected chi connectivity index (χ4v) is 1.37. The number of carboxylic acids is 1. The van der Waals surface area contributed by atoms with Crippen LogP contribution in [-0.2, 0) is 4.79 Å². The van der Waals surface area contributed by atoms with Crippen LogP contribution in [0.15, 0.2) is 30.7 Å². The summed E-state index contributed by atoms with van der Waals surface area (Å²) >= 11 is 2.28. The van der Waals surface area contributed by atoms with E-state index in [4.69, 9.17) is 5.11 Å². The second-order valence-electron chi connectivity index (χ2n) is 2.79. The molecule has 0 amide bonds. The Morgan fingerprint density at radius 3 is 2.87 bits per heavy atom. The van der Waals surface area contributed by atoms with E-state index in [1.165, 1.54) is 3.57 Å². The Labute approximate surface area is 101 Å². The summed E-state index contributed by atoms with van der Waals surface area (Å²) in [6.07, 6.45) is 6.01. The number of halogens is 1. The number of imidazole rings is 1. The van der Waals surface area contributed by atoms with E-state index in [0.717, 1.165) is 5.65 Å². The fourth-order valence-electron chi connectivity index (χ4n) is 0.893. The number of hydrogen-bond acceptors (Lipinski definition) is 2. The number of nitrogens with zero attached hydrogens (tertiary/aromatic N) is 2. The van der Waals surface area contributed by atoms with E-state index in [1.807, 2.05) is 28.9 Å². The van der Waals surface area contributed by atoms with Gasteiger partial charge in [-0.05, 0) is 34.7 Å². The van der Waals surface area contributed by atoms with Crippen LogP contribution in [0.1, 0.15) is 13.3 Å². The monoisotopic (exact) mass is 318 g/mol. The first-order chi connectivity index (χ1) is 7.13. The molecule has 0 aliphatic carbocycles. The molecule has 2 heterocycles. The van der Waals surface area contributed by atoms with Crippen LogP contribution in [0, 0.1) is 3.57 Å². The number of aromatic nitrogens is 2. The van der Waals surface area contributed by atoms with Crippen molar-refractivity contribution < 1.29 is 9.90 Å². The van der Waals surface area contributed by atoms with Gasteiger partial charge in [-0.2, -0.15) is 0 Å². The quantitative estimate of drug-likeness (QED) is 0.822. The van der Waals surface area contributed by atoms with E-state index >= 15 is 0 Å². The van der Waals surface area contributed by atoms with Gasteiger partial charge < -0.3 is 9.51 Å². The Balaban J connectivity index is 0.000000195. The summed E-state index contributed by atoms with van der Waals surface area (Å²) in [6, 6.07) is 4.05. The number of carbonyl (C=O) groups is 1. The van der Waals surface area contributed by atoms with Gasteiger partial charge in [-0.3, -0.25) is 4.79 Å². The predicted octanol–water partition coefficient (Wildman–Crippen LogP) is 2.42. The molecule has 0 spiro atoms. The molecule has 15 heavy (non-hydrogen) atoms. The highest BCUT2D eigenvalue weighted by Crippen LogP contribution is 2.06. The topological polar surface area (TPSA) is 54.6 Å². The molecule has 2 rings (SSSR count). The minimum atomic E-state index is -0.745. The maximum atomic E-state index is 9.37. The van der Waals surface area contributed by atoms with Crippen molar-refractivity contribution in [3.05, 3.63) is 34.3 Å². The van der Waals surface area contributed by atoms with Crippen molar-refractivity contribution in [3.8, 4) is 0 Å². The molecular weight excluding hydrogens is 307 g/mol. The van der Waals surface area contributed by atoms with E-state index in [9.17, 15) is 4.79 Å². The Morgan fingerprint density at radius 2 is 2.27 bits per heavy atom. The molecule has 2 aromatic heterocycles. The average Bonchev–Trinajstić information content (AvgIpc) is 2.65. The van der Waals surface area contributed by atoms with Gasteiger partial charge >= 0.3 is 5.97 Å². The van der Waals surface area contributed by atoms with Crippen LogP contribution in [0.5, 0.6) is 0 Å². The van der Waals surface area contributed by atoms with Crippen LogP contribution in [0.2, 0.25) is 0 Å². The first-order valence-corrected chi connectivity index (χ1v) is 5.51. The summed E-state index contributed by atoms with van der Waals surface area (Å²) in [5, 5.41) is 7.72. The van der Waals surface area contributed by atoms with Crippen molar-refractivity contribution in [3.63, 3.8) is 0 Å². The van der Waals surface area contributed by atoms with Gasteiger partial charge in [0.2, 0.25) is 0 Å². The molecule has 2 aromatic rings. The van der Waals surface area contributed by atoms with E-state index in [2.05, 4.69) is 27.6 Å². The van der Waals surface area contributed by atoms with E-state index in [-0.39, 0.29) is 6.42 Å². The molecule has 0 bridgehead atoms. The van der Waals surface area contributed by atoms with Crippen LogP contribution in [-0.4, -0.2) is 20.5 Å². The first kappa shape index (κ1) is 12.0. The Hall–Kier alpha value is -1.11. The second kappa shape index (κ2) is 5.69. The normalized spacial score (nSPS) is 9.47. The van der Waals surface area contributed by atoms with E-state index < -0.39 is 5.97 Å². The molecule has 0 unspecified atom stereocenters. The molecule has 80 valence electrons. The smallest absolute Gasteiger partial charge is 0.303 e. The van der Waals surface area contributed by atoms with Crippen molar-refractivity contribution >= 4 is 34.2 Å². The minimum Gasteiger partial charge on any atom is -0.481 e. The molecule has 0 radical (unpaired) electrons. The van der Waals surface area contributed by atoms with Gasteiger partial charge in [0.05, 0.1) is 0 Å². The maximum Gasteiger partial charge on any atom is 0.303 e. The zero-order chi connectivity index (χ0) is 11.3. The van der Waals surface area contributed by atoms with Gasteiger partial charge in [0.25, 0.3) is 0 Å². The minimum absolute atomic E-state index is 0.222. The van der Waals surface area contributed by atoms with E-state index in [1.54, 1.807) is 13.1 Å². The third-order valence-corrected chi connectivity index (χ3v) is 2.29. The van der Waals surface area contributed by atoms with Gasteiger partial charge in [0.15, 0.2) is 0 Å². The summed E-state index contributed by atoms with van der Waals surface area (Å²) in [5.74, 6) is -0.745. The molecule has 4 nitrogen and oxygen atoms in total. The second-order valence-corrected chi connectivity index (χ2v) is 4.03. The zero-order valence-electron chi connectivity index (χ0n) is 8.22. The molecule has 0 saturated carbocycles.